The fraction of sp³-hybridized carbons (Fsp3) is 0.350. The van der Waals surface area contributed by atoms with Crippen molar-refractivity contribution in [1.82, 2.24) is 19.7 Å². The summed E-state index contributed by atoms with van der Waals surface area (Å²) in [7, 11) is 0. The van der Waals surface area contributed by atoms with Crippen molar-refractivity contribution in [3.8, 4) is 11.3 Å². The van der Waals surface area contributed by atoms with Crippen LogP contribution in [0.1, 0.15) is 17.6 Å². The number of β-amino-alcohol motifs (C(OH)–C–C–N with tert-alkyl or cyclic N) is 1. The molecule has 1 fully saturated rings. The van der Waals surface area contributed by atoms with Gasteiger partial charge in [0.2, 0.25) is 0 Å². The lowest BCUT2D eigenvalue weighted by molar-refractivity contribution is 0.0233. The quantitative estimate of drug-likeness (QED) is 0.717. The Morgan fingerprint density at radius 1 is 1.19 bits per heavy atom. The molecule has 0 amide bonds. The molecule has 0 bridgehead atoms. The third-order valence-corrected chi connectivity index (χ3v) is 4.83. The van der Waals surface area contributed by atoms with E-state index >= 15 is 0 Å². The van der Waals surface area contributed by atoms with Crippen LogP contribution in [0.5, 0.6) is 0 Å². The molecule has 4 rings (SSSR count). The number of furan rings is 1. The predicted molar refractivity (Wildman–Crippen MR) is 100 cm³/mol. The predicted octanol–water partition coefficient (Wildman–Crippen LogP) is 1.87. The van der Waals surface area contributed by atoms with Crippen LogP contribution in [0.15, 0.2) is 58.0 Å². The van der Waals surface area contributed by atoms with E-state index in [4.69, 9.17) is 4.42 Å². The van der Waals surface area contributed by atoms with Crippen LogP contribution < -0.4 is 5.56 Å². The highest BCUT2D eigenvalue weighted by Gasteiger charge is 2.30. The van der Waals surface area contributed by atoms with Crippen molar-refractivity contribution in [3.63, 3.8) is 0 Å². The van der Waals surface area contributed by atoms with Crippen molar-refractivity contribution >= 4 is 0 Å². The molecule has 140 valence electrons. The third-order valence-electron chi connectivity index (χ3n) is 4.83. The first-order valence-electron chi connectivity index (χ1n) is 9.04. The van der Waals surface area contributed by atoms with E-state index in [0.717, 1.165) is 30.1 Å². The average molecular weight is 366 g/mol. The monoisotopic (exact) mass is 366 g/mol. The molecule has 0 aromatic carbocycles. The summed E-state index contributed by atoms with van der Waals surface area (Å²) in [6.45, 7) is 4.61. The summed E-state index contributed by atoms with van der Waals surface area (Å²) >= 11 is 0. The molecule has 0 radical (unpaired) electrons. The summed E-state index contributed by atoms with van der Waals surface area (Å²) < 4.78 is 7.00. The van der Waals surface area contributed by atoms with E-state index in [9.17, 15) is 9.90 Å². The normalized spacial score (nSPS) is 16.2. The smallest absolute Gasteiger partial charge is 0.266 e. The third kappa shape index (κ3) is 3.99. The molecule has 0 aliphatic carbocycles. The van der Waals surface area contributed by atoms with Crippen LogP contribution in [0.4, 0.5) is 0 Å². The second-order valence-corrected chi connectivity index (χ2v) is 7.02. The van der Waals surface area contributed by atoms with Gasteiger partial charge in [-0.2, -0.15) is 5.10 Å². The first-order chi connectivity index (χ1) is 13.1. The Hall–Kier alpha value is -2.77. The molecule has 1 aliphatic heterocycles. The number of aryl methyl sites for hydroxylation is 1. The van der Waals surface area contributed by atoms with Crippen LogP contribution in [-0.4, -0.2) is 44.4 Å². The Bertz CT molecular complexity index is 961. The summed E-state index contributed by atoms with van der Waals surface area (Å²) in [6.07, 6.45) is 2.79. The number of rotatable bonds is 6. The van der Waals surface area contributed by atoms with Gasteiger partial charge in [0.25, 0.3) is 5.56 Å². The lowest BCUT2D eigenvalue weighted by atomic mass is 9.99. The maximum absolute atomic E-state index is 12.1. The summed E-state index contributed by atoms with van der Waals surface area (Å²) in [6, 6.07) is 10.7. The topological polar surface area (TPSA) is 84.4 Å². The average Bonchev–Trinajstić information content (AvgIpc) is 3.08. The van der Waals surface area contributed by atoms with Gasteiger partial charge in [0.05, 0.1) is 12.2 Å². The van der Waals surface area contributed by atoms with Gasteiger partial charge >= 0.3 is 0 Å². The molecule has 1 aliphatic rings. The maximum atomic E-state index is 12.1. The van der Waals surface area contributed by atoms with Crippen molar-refractivity contribution in [1.29, 1.82) is 0 Å². The van der Waals surface area contributed by atoms with Crippen LogP contribution in [0.25, 0.3) is 11.3 Å². The van der Waals surface area contributed by atoms with Crippen molar-refractivity contribution < 1.29 is 9.52 Å². The molecule has 1 atom stereocenters. The van der Waals surface area contributed by atoms with Crippen molar-refractivity contribution in [3.05, 3.63) is 70.7 Å². The Morgan fingerprint density at radius 2 is 1.96 bits per heavy atom. The fourth-order valence-electron chi connectivity index (χ4n) is 3.41. The van der Waals surface area contributed by atoms with E-state index in [1.165, 1.54) is 4.68 Å². The van der Waals surface area contributed by atoms with E-state index in [1.807, 2.05) is 31.2 Å². The second-order valence-electron chi connectivity index (χ2n) is 7.02. The Balaban J connectivity index is 1.35. The molecule has 27 heavy (non-hydrogen) atoms. The van der Waals surface area contributed by atoms with Gasteiger partial charge in [-0.05, 0) is 37.3 Å². The van der Waals surface area contributed by atoms with Crippen molar-refractivity contribution in [2.45, 2.75) is 19.6 Å². The van der Waals surface area contributed by atoms with Crippen LogP contribution in [0, 0.1) is 12.8 Å². The highest BCUT2D eigenvalue weighted by atomic mass is 16.4. The van der Waals surface area contributed by atoms with Crippen molar-refractivity contribution in [2.75, 3.05) is 19.6 Å². The zero-order valence-electron chi connectivity index (χ0n) is 15.2. The standard InChI is InChI=1S/C20H22N4O3/c1-14-2-4-19(27-14)18(25)13-23-10-15(11-23)12-24-20(26)5-3-17(22-24)16-6-8-21-9-7-16/h2-9,15,18,25H,10-13H2,1H3. The molecule has 7 heteroatoms. The molecule has 7 nitrogen and oxygen atoms in total. The van der Waals surface area contributed by atoms with Gasteiger partial charge in [0, 0.05) is 49.6 Å². The van der Waals surface area contributed by atoms with Crippen LogP contribution in [-0.2, 0) is 6.54 Å². The minimum absolute atomic E-state index is 0.0997. The Labute approximate surface area is 156 Å². The molecule has 3 aromatic heterocycles. The van der Waals surface area contributed by atoms with E-state index in [1.54, 1.807) is 24.5 Å². The Kier molecular flexibility index (Phi) is 4.87. The van der Waals surface area contributed by atoms with Crippen LogP contribution >= 0.6 is 0 Å². The second kappa shape index (κ2) is 7.46. The molecule has 0 saturated carbocycles. The highest BCUT2D eigenvalue weighted by molar-refractivity contribution is 5.56. The number of aromatic nitrogens is 3. The Morgan fingerprint density at radius 3 is 2.67 bits per heavy atom. The molecule has 1 N–H and O–H groups in total. The highest BCUT2D eigenvalue weighted by Crippen LogP contribution is 2.23. The summed E-state index contributed by atoms with van der Waals surface area (Å²) in [5.41, 5.74) is 1.60. The molecule has 0 spiro atoms. The number of pyridine rings is 1. The van der Waals surface area contributed by atoms with E-state index < -0.39 is 6.10 Å². The molecular weight excluding hydrogens is 344 g/mol. The van der Waals surface area contributed by atoms with Gasteiger partial charge in [-0.1, -0.05) is 0 Å². The first-order valence-corrected chi connectivity index (χ1v) is 9.04. The van der Waals surface area contributed by atoms with Crippen molar-refractivity contribution in [2.24, 2.45) is 5.92 Å². The summed E-state index contributed by atoms with van der Waals surface area (Å²) in [4.78, 5) is 18.3. The van der Waals surface area contributed by atoms with Gasteiger partial charge in [-0.25, -0.2) is 4.68 Å². The van der Waals surface area contributed by atoms with Gasteiger partial charge in [-0.3, -0.25) is 14.7 Å². The van der Waals surface area contributed by atoms with Gasteiger partial charge in [0.15, 0.2) is 0 Å². The van der Waals surface area contributed by atoms with Gasteiger partial charge in [0.1, 0.15) is 17.6 Å². The number of aliphatic hydroxyl groups is 1. The molecule has 4 heterocycles. The number of aliphatic hydroxyl groups excluding tert-OH is 1. The van der Waals surface area contributed by atoms with E-state index in [0.29, 0.717) is 24.8 Å². The van der Waals surface area contributed by atoms with E-state index in [-0.39, 0.29) is 5.56 Å². The first kappa shape index (κ1) is 17.6. The number of hydrogen-bond donors (Lipinski definition) is 1. The molecule has 3 aromatic rings. The molecular formula is C20H22N4O3. The molecule has 1 saturated heterocycles. The lowest BCUT2D eigenvalue weighted by Gasteiger charge is -2.40. The number of nitrogens with zero attached hydrogens (tertiary/aromatic N) is 4. The van der Waals surface area contributed by atoms with Crippen LogP contribution in [0.2, 0.25) is 0 Å². The minimum atomic E-state index is -0.629. The van der Waals surface area contributed by atoms with Crippen LogP contribution in [0.3, 0.4) is 0 Å². The van der Waals surface area contributed by atoms with Gasteiger partial charge in [-0.15, -0.1) is 0 Å². The summed E-state index contributed by atoms with van der Waals surface area (Å²) in [5, 5.41) is 14.7. The number of likely N-dealkylation sites (tertiary alicyclic amines) is 1. The zero-order valence-corrected chi connectivity index (χ0v) is 15.2. The largest absolute Gasteiger partial charge is 0.464 e. The maximum Gasteiger partial charge on any atom is 0.266 e. The van der Waals surface area contributed by atoms with Gasteiger partial charge < -0.3 is 9.52 Å². The minimum Gasteiger partial charge on any atom is -0.464 e. The number of hydrogen-bond acceptors (Lipinski definition) is 6. The zero-order chi connectivity index (χ0) is 18.8. The summed E-state index contributed by atoms with van der Waals surface area (Å²) in [5.74, 6) is 1.73. The lowest BCUT2D eigenvalue weighted by Crippen LogP contribution is -2.50. The fourth-order valence-corrected chi connectivity index (χ4v) is 3.41. The molecule has 1 unspecified atom stereocenters. The SMILES string of the molecule is Cc1ccc(C(O)CN2CC(Cn3nc(-c4ccncc4)ccc3=O)C2)o1. The van der Waals surface area contributed by atoms with E-state index in [2.05, 4.69) is 15.0 Å².